The Hall–Kier alpha value is -1.35. The summed E-state index contributed by atoms with van der Waals surface area (Å²) in [7, 11) is 0. The Kier molecular flexibility index (Phi) is 2.02. The largest absolute Gasteiger partial charge is 0.345 e. The van der Waals surface area contributed by atoms with Gasteiger partial charge in [0.2, 0.25) is 0 Å². The van der Waals surface area contributed by atoms with Crippen molar-refractivity contribution in [2.24, 2.45) is 0 Å². The minimum Gasteiger partial charge on any atom is -0.345 e. The fourth-order valence-electron chi connectivity index (χ4n) is 1.12. The fraction of sp³-hybridized carbons (Fsp3) is 0. The number of nitrogens with zero attached hydrogens (tertiary/aromatic N) is 1. The molecular formula is C9H6ClFN2. The van der Waals surface area contributed by atoms with Crippen molar-refractivity contribution in [3.63, 3.8) is 0 Å². The quantitative estimate of drug-likeness (QED) is 0.747. The zero-order chi connectivity index (χ0) is 9.26. The van der Waals surface area contributed by atoms with Gasteiger partial charge in [-0.3, -0.25) is 0 Å². The Morgan fingerprint density at radius 1 is 1.31 bits per heavy atom. The van der Waals surface area contributed by atoms with Crippen LogP contribution in [0.15, 0.2) is 30.7 Å². The van der Waals surface area contributed by atoms with E-state index in [9.17, 15) is 4.39 Å². The van der Waals surface area contributed by atoms with E-state index in [4.69, 9.17) is 11.6 Å². The predicted molar refractivity (Wildman–Crippen MR) is 49.0 cm³/mol. The molecule has 0 aliphatic heterocycles. The standard InChI is InChI=1S/C9H6ClFN2/c10-7-1-6(2-8(11)3-7)9-4-12-5-13-9/h1-5H,(H,12,13). The van der Waals surface area contributed by atoms with E-state index in [1.54, 1.807) is 12.3 Å². The van der Waals surface area contributed by atoms with E-state index < -0.39 is 0 Å². The number of aromatic nitrogens is 2. The zero-order valence-corrected chi connectivity index (χ0v) is 7.35. The average molecular weight is 197 g/mol. The molecule has 0 saturated carbocycles. The normalized spacial score (nSPS) is 10.3. The molecule has 0 radical (unpaired) electrons. The molecule has 1 N–H and O–H groups in total. The van der Waals surface area contributed by atoms with Crippen LogP contribution in [-0.2, 0) is 0 Å². The molecule has 0 aliphatic rings. The van der Waals surface area contributed by atoms with Crippen molar-refractivity contribution in [1.82, 2.24) is 9.97 Å². The Morgan fingerprint density at radius 2 is 2.15 bits per heavy atom. The molecule has 2 aromatic rings. The van der Waals surface area contributed by atoms with Crippen LogP contribution in [0.25, 0.3) is 11.3 Å². The number of hydrogen-bond donors (Lipinski definition) is 1. The smallest absolute Gasteiger partial charge is 0.125 e. The monoisotopic (exact) mass is 196 g/mol. The molecule has 2 nitrogen and oxygen atoms in total. The minimum absolute atomic E-state index is 0.350. The van der Waals surface area contributed by atoms with Crippen molar-refractivity contribution in [3.8, 4) is 11.3 Å². The molecule has 1 aromatic carbocycles. The number of aromatic amines is 1. The van der Waals surface area contributed by atoms with Crippen LogP contribution >= 0.6 is 11.6 Å². The van der Waals surface area contributed by atoms with E-state index in [1.807, 2.05) is 0 Å². The van der Waals surface area contributed by atoms with Crippen LogP contribution in [0.3, 0.4) is 0 Å². The summed E-state index contributed by atoms with van der Waals surface area (Å²) in [5.74, 6) is -0.350. The summed E-state index contributed by atoms with van der Waals surface area (Å²) in [6.07, 6.45) is 3.15. The molecule has 0 aliphatic carbocycles. The summed E-state index contributed by atoms with van der Waals surface area (Å²) in [4.78, 5) is 6.71. The fourth-order valence-corrected chi connectivity index (χ4v) is 1.34. The molecule has 0 atom stereocenters. The van der Waals surface area contributed by atoms with Gasteiger partial charge in [0.25, 0.3) is 0 Å². The Labute approximate surface area is 79.4 Å². The summed E-state index contributed by atoms with van der Waals surface area (Å²) in [5.41, 5.74) is 1.45. The Bertz CT molecular complexity index is 391. The van der Waals surface area contributed by atoms with Crippen molar-refractivity contribution >= 4 is 11.6 Å². The third-order valence-electron chi connectivity index (χ3n) is 1.67. The van der Waals surface area contributed by atoms with Gasteiger partial charge in [-0.1, -0.05) is 11.6 Å². The molecule has 0 bridgehead atoms. The van der Waals surface area contributed by atoms with E-state index in [2.05, 4.69) is 9.97 Å². The second-order valence-electron chi connectivity index (χ2n) is 2.62. The van der Waals surface area contributed by atoms with Gasteiger partial charge in [0.05, 0.1) is 18.2 Å². The van der Waals surface area contributed by atoms with Crippen LogP contribution in [0.4, 0.5) is 4.39 Å². The van der Waals surface area contributed by atoms with Crippen LogP contribution in [0.2, 0.25) is 5.02 Å². The molecule has 0 unspecified atom stereocenters. The van der Waals surface area contributed by atoms with Crippen molar-refractivity contribution in [3.05, 3.63) is 41.6 Å². The molecule has 1 aromatic heterocycles. The molecule has 0 amide bonds. The summed E-state index contributed by atoms with van der Waals surface area (Å²) in [5, 5.41) is 0.379. The first-order chi connectivity index (χ1) is 6.25. The molecule has 2 rings (SSSR count). The third kappa shape index (κ3) is 1.70. The van der Waals surface area contributed by atoms with Gasteiger partial charge < -0.3 is 4.98 Å². The number of rotatable bonds is 1. The van der Waals surface area contributed by atoms with Gasteiger partial charge in [0.1, 0.15) is 5.82 Å². The molecular weight excluding hydrogens is 191 g/mol. The number of H-pyrrole nitrogens is 1. The maximum absolute atomic E-state index is 12.9. The molecule has 0 spiro atoms. The van der Waals surface area contributed by atoms with Crippen LogP contribution in [-0.4, -0.2) is 9.97 Å². The van der Waals surface area contributed by atoms with Crippen molar-refractivity contribution in [2.45, 2.75) is 0 Å². The number of halogens is 2. The number of imidazole rings is 1. The minimum atomic E-state index is -0.350. The van der Waals surface area contributed by atoms with Gasteiger partial charge in [-0.2, -0.15) is 0 Å². The first-order valence-corrected chi connectivity index (χ1v) is 4.08. The lowest BCUT2D eigenvalue weighted by atomic mass is 10.2. The van der Waals surface area contributed by atoms with Gasteiger partial charge >= 0.3 is 0 Å². The van der Waals surface area contributed by atoms with Gasteiger partial charge in [0, 0.05) is 10.6 Å². The average Bonchev–Trinajstić information content (AvgIpc) is 2.53. The van der Waals surface area contributed by atoms with Crippen LogP contribution in [0.5, 0.6) is 0 Å². The maximum Gasteiger partial charge on any atom is 0.125 e. The van der Waals surface area contributed by atoms with E-state index in [1.165, 1.54) is 18.5 Å². The predicted octanol–water partition coefficient (Wildman–Crippen LogP) is 2.87. The Balaban J connectivity index is 2.53. The molecule has 0 fully saturated rings. The topological polar surface area (TPSA) is 28.7 Å². The molecule has 1 heterocycles. The highest BCUT2D eigenvalue weighted by atomic mass is 35.5. The highest BCUT2D eigenvalue weighted by molar-refractivity contribution is 6.30. The number of nitrogens with one attached hydrogen (secondary N) is 1. The summed E-state index contributed by atoms with van der Waals surface area (Å²) >= 11 is 5.69. The first-order valence-electron chi connectivity index (χ1n) is 3.70. The third-order valence-corrected chi connectivity index (χ3v) is 1.89. The van der Waals surface area contributed by atoms with Crippen LogP contribution < -0.4 is 0 Å². The maximum atomic E-state index is 12.9. The molecule has 4 heteroatoms. The SMILES string of the molecule is Fc1cc(Cl)cc(-c2cnc[nH]2)c1. The second kappa shape index (κ2) is 3.18. The van der Waals surface area contributed by atoms with E-state index in [0.29, 0.717) is 10.6 Å². The van der Waals surface area contributed by atoms with E-state index in [0.717, 1.165) is 5.69 Å². The van der Waals surface area contributed by atoms with Crippen molar-refractivity contribution in [2.75, 3.05) is 0 Å². The summed E-state index contributed by atoms with van der Waals surface area (Å²) < 4.78 is 12.9. The summed E-state index contributed by atoms with van der Waals surface area (Å²) in [6.45, 7) is 0. The van der Waals surface area contributed by atoms with Gasteiger partial charge in [-0.05, 0) is 18.2 Å². The van der Waals surface area contributed by atoms with Crippen molar-refractivity contribution in [1.29, 1.82) is 0 Å². The highest BCUT2D eigenvalue weighted by Gasteiger charge is 2.02. The van der Waals surface area contributed by atoms with E-state index >= 15 is 0 Å². The number of hydrogen-bond acceptors (Lipinski definition) is 1. The summed E-state index contributed by atoms with van der Waals surface area (Å²) in [6, 6.07) is 4.35. The second-order valence-corrected chi connectivity index (χ2v) is 3.06. The number of benzene rings is 1. The lowest BCUT2D eigenvalue weighted by Gasteiger charge is -1.98. The van der Waals surface area contributed by atoms with Crippen molar-refractivity contribution < 1.29 is 4.39 Å². The van der Waals surface area contributed by atoms with Gasteiger partial charge in [-0.25, -0.2) is 9.37 Å². The first kappa shape index (κ1) is 8.26. The molecule has 66 valence electrons. The van der Waals surface area contributed by atoms with E-state index in [-0.39, 0.29) is 5.82 Å². The van der Waals surface area contributed by atoms with Crippen LogP contribution in [0.1, 0.15) is 0 Å². The lowest BCUT2D eigenvalue weighted by Crippen LogP contribution is -1.80. The lowest BCUT2D eigenvalue weighted by molar-refractivity contribution is 0.628. The molecule has 13 heavy (non-hydrogen) atoms. The van der Waals surface area contributed by atoms with Gasteiger partial charge in [-0.15, -0.1) is 0 Å². The highest BCUT2D eigenvalue weighted by Crippen LogP contribution is 2.21. The Morgan fingerprint density at radius 3 is 2.77 bits per heavy atom. The van der Waals surface area contributed by atoms with Gasteiger partial charge in [0.15, 0.2) is 0 Å². The zero-order valence-electron chi connectivity index (χ0n) is 6.59. The molecule has 0 saturated heterocycles. The van der Waals surface area contributed by atoms with Crippen LogP contribution in [0, 0.1) is 5.82 Å².